The number of aliphatic hydroxyl groups excluding tert-OH is 1. The molecule has 0 unspecified atom stereocenters. The average molecular weight is 584 g/mol. The van der Waals surface area contributed by atoms with Gasteiger partial charge in [0.15, 0.2) is 6.29 Å². The van der Waals surface area contributed by atoms with Gasteiger partial charge in [0, 0.05) is 44.2 Å². The zero-order valence-corrected chi connectivity index (χ0v) is 25.2. The number of ether oxygens (including phenoxy) is 2. The number of aliphatic hydroxyl groups is 1. The molecule has 3 N–H and O–H groups in total. The molecule has 3 atom stereocenters. The van der Waals surface area contributed by atoms with Gasteiger partial charge < -0.3 is 25.2 Å². The summed E-state index contributed by atoms with van der Waals surface area (Å²) in [7, 11) is 0. The Morgan fingerprint density at radius 3 is 2.40 bits per heavy atom. The van der Waals surface area contributed by atoms with E-state index >= 15 is 0 Å². The summed E-state index contributed by atoms with van der Waals surface area (Å²) in [5, 5.41) is 15.3. The molecule has 0 spiro atoms. The third kappa shape index (κ3) is 8.12. The minimum absolute atomic E-state index is 0.00237. The third-order valence-electron chi connectivity index (χ3n) is 8.55. The molecule has 2 amide bonds. The molecule has 5 rings (SSSR count). The number of urea groups is 1. The number of carbonyl (C=O) groups is 1. The van der Waals surface area contributed by atoms with Crippen LogP contribution in [0.15, 0.2) is 85.5 Å². The molecule has 43 heavy (non-hydrogen) atoms. The van der Waals surface area contributed by atoms with E-state index in [0.29, 0.717) is 19.1 Å². The van der Waals surface area contributed by atoms with Crippen molar-refractivity contribution in [3.05, 3.63) is 108 Å². The number of nitrogens with zero attached hydrogens (tertiary/aromatic N) is 1. The lowest BCUT2D eigenvalue weighted by molar-refractivity contribution is -0.253. The van der Waals surface area contributed by atoms with Crippen LogP contribution in [-0.2, 0) is 22.6 Å². The topological polar surface area (TPSA) is 83.1 Å². The summed E-state index contributed by atoms with van der Waals surface area (Å²) in [6, 6.07) is 25.0. The molecule has 228 valence electrons. The first-order valence-electron chi connectivity index (χ1n) is 15.6. The fourth-order valence-corrected chi connectivity index (χ4v) is 6.28. The molecule has 1 saturated heterocycles. The van der Waals surface area contributed by atoms with E-state index in [1.54, 1.807) is 0 Å². The third-order valence-corrected chi connectivity index (χ3v) is 8.55. The summed E-state index contributed by atoms with van der Waals surface area (Å²) in [6.07, 6.45) is 7.18. The molecule has 0 bridgehead atoms. The second-order valence-corrected chi connectivity index (χ2v) is 11.5. The van der Waals surface area contributed by atoms with Crippen LogP contribution in [0.3, 0.4) is 0 Å². The van der Waals surface area contributed by atoms with Gasteiger partial charge in [0.1, 0.15) is 0 Å². The molecule has 1 aliphatic carbocycles. The SMILES string of the molecule is C=CCN(C[C@H]1C[C@@H](c2ccc(CO)cc2)O[C@@H](c2ccc(-c3ccccc3CNC(=O)NCC)cc2)O1)C1CCCC1. The second kappa shape index (κ2) is 15.3. The fraction of sp³-hybridized carbons (Fsp3) is 0.417. The normalized spacial score (nSPS) is 20.7. The van der Waals surface area contributed by atoms with Crippen molar-refractivity contribution >= 4 is 6.03 Å². The highest BCUT2D eigenvalue weighted by molar-refractivity contribution is 5.74. The molecular weight excluding hydrogens is 538 g/mol. The van der Waals surface area contributed by atoms with Crippen LogP contribution in [0.4, 0.5) is 4.79 Å². The van der Waals surface area contributed by atoms with E-state index in [1.807, 2.05) is 43.3 Å². The van der Waals surface area contributed by atoms with Crippen LogP contribution in [0.5, 0.6) is 0 Å². The van der Waals surface area contributed by atoms with Crippen molar-refractivity contribution in [1.82, 2.24) is 15.5 Å². The Morgan fingerprint density at radius 1 is 0.977 bits per heavy atom. The summed E-state index contributed by atoms with van der Waals surface area (Å²) in [6.45, 7) is 8.67. The van der Waals surface area contributed by atoms with Gasteiger partial charge in [0.05, 0.1) is 18.8 Å². The molecule has 2 fully saturated rings. The molecule has 7 heteroatoms. The molecular formula is C36H45N3O4. The van der Waals surface area contributed by atoms with Crippen molar-refractivity contribution in [2.45, 2.75) is 76.7 Å². The average Bonchev–Trinajstić information content (AvgIpc) is 3.59. The Morgan fingerprint density at radius 2 is 1.70 bits per heavy atom. The Labute approximate surface area is 255 Å². The lowest BCUT2D eigenvalue weighted by Crippen LogP contribution is -2.43. The van der Waals surface area contributed by atoms with Crippen LogP contribution < -0.4 is 10.6 Å². The van der Waals surface area contributed by atoms with Crippen LogP contribution in [0.2, 0.25) is 0 Å². The number of amides is 2. The molecule has 0 aromatic heterocycles. The van der Waals surface area contributed by atoms with Gasteiger partial charge in [-0.3, -0.25) is 4.90 Å². The van der Waals surface area contributed by atoms with Gasteiger partial charge in [0.2, 0.25) is 0 Å². The number of rotatable bonds is 12. The number of carbonyl (C=O) groups excluding carboxylic acids is 1. The number of benzene rings is 3. The maximum absolute atomic E-state index is 12.0. The van der Waals surface area contributed by atoms with Crippen LogP contribution in [0, 0.1) is 0 Å². The summed E-state index contributed by atoms with van der Waals surface area (Å²) in [5.41, 5.74) is 6.15. The highest BCUT2D eigenvalue weighted by Gasteiger charge is 2.34. The van der Waals surface area contributed by atoms with Gasteiger partial charge in [-0.25, -0.2) is 4.79 Å². The number of nitrogens with one attached hydrogen (secondary N) is 2. The van der Waals surface area contributed by atoms with Crippen molar-refractivity contribution in [1.29, 1.82) is 0 Å². The van der Waals surface area contributed by atoms with E-state index in [9.17, 15) is 9.90 Å². The predicted octanol–water partition coefficient (Wildman–Crippen LogP) is 6.64. The van der Waals surface area contributed by atoms with Gasteiger partial charge in [-0.05, 0) is 47.6 Å². The summed E-state index contributed by atoms with van der Waals surface area (Å²) in [5.74, 6) is 0. The monoisotopic (exact) mass is 583 g/mol. The highest BCUT2D eigenvalue weighted by atomic mass is 16.7. The second-order valence-electron chi connectivity index (χ2n) is 11.5. The lowest BCUT2D eigenvalue weighted by atomic mass is 9.97. The maximum atomic E-state index is 12.0. The van der Waals surface area contributed by atoms with E-state index < -0.39 is 6.29 Å². The van der Waals surface area contributed by atoms with Gasteiger partial charge in [-0.1, -0.05) is 91.7 Å². The van der Waals surface area contributed by atoms with Crippen LogP contribution in [0.25, 0.3) is 11.1 Å². The highest BCUT2D eigenvalue weighted by Crippen LogP contribution is 2.39. The molecule has 3 aromatic rings. The van der Waals surface area contributed by atoms with E-state index in [2.05, 4.69) is 64.6 Å². The van der Waals surface area contributed by atoms with Crippen LogP contribution in [-0.4, -0.2) is 47.8 Å². The minimum Gasteiger partial charge on any atom is -0.392 e. The van der Waals surface area contributed by atoms with Crippen molar-refractivity contribution in [3.63, 3.8) is 0 Å². The zero-order chi connectivity index (χ0) is 30.0. The lowest BCUT2D eigenvalue weighted by Gasteiger charge is -2.39. The van der Waals surface area contributed by atoms with Gasteiger partial charge in [0.25, 0.3) is 0 Å². The smallest absolute Gasteiger partial charge is 0.315 e. The summed E-state index contributed by atoms with van der Waals surface area (Å²) in [4.78, 5) is 14.5. The molecule has 7 nitrogen and oxygen atoms in total. The van der Waals surface area contributed by atoms with Gasteiger partial charge in [-0.2, -0.15) is 0 Å². The van der Waals surface area contributed by atoms with E-state index in [0.717, 1.165) is 52.9 Å². The van der Waals surface area contributed by atoms with Gasteiger partial charge >= 0.3 is 6.03 Å². The van der Waals surface area contributed by atoms with E-state index in [4.69, 9.17) is 9.47 Å². The fourth-order valence-electron chi connectivity index (χ4n) is 6.28. The van der Waals surface area contributed by atoms with E-state index in [1.165, 1.54) is 25.7 Å². The van der Waals surface area contributed by atoms with Crippen molar-refractivity contribution in [2.75, 3.05) is 19.6 Å². The molecule has 1 aliphatic heterocycles. The van der Waals surface area contributed by atoms with Crippen LogP contribution in [0.1, 0.15) is 73.7 Å². The first kappa shape index (κ1) is 31.0. The van der Waals surface area contributed by atoms with Crippen molar-refractivity contribution in [3.8, 4) is 11.1 Å². The molecule has 0 radical (unpaired) electrons. The Hall–Kier alpha value is -3.49. The number of hydrogen-bond donors (Lipinski definition) is 3. The molecule has 1 saturated carbocycles. The first-order valence-corrected chi connectivity index (χ1v) is 15.6. The molecule has 2 aliphatic rings. The zero-order valence-electron chi connectivity index (χ0n) is 25.2. The Bertz CT molecular complexity index is 1320. The van der Waals surface area contributed by atoms with E-state index in [-0.39, 0.29) is 24.8 Å². The van der Waals surface area contributed by atoms with Crippen LogP contribution >= 0.6 is 0 Å². The maximum Gasteiger partial charge on any atom is 0.315 e. The largest absolute Gasteiger partial charge is 0.392 e. The quantitative estimate of drug-likeness (QED) is 0.208. The first-order chi connectivity index (χ1) is 21.1. The van der Waals surface area contributed by atoms with Crippen molar-refractivity contribution in [2.24, 2.45) is 0 Å². The predicted molar refractivity (Wildman–Crippen MR) is 170 cm³/mol. The standard InChI is InChI=1S/C36H45N3O4/c1-3-21-39(31-10-6-7-11-31)24-32-22-34(28-15-13-26(25-40)14-16-28)43-35(42-32)29-19-17-27(18-20-29)33-12-8-5-9-30(33)23-38-36(41)37-4-2/h3,5,8-9,12-20,31-32,34-35,40H,1,4,6-7,10-11,21-25H2,2H3,(H2,37,38,41)/t32-,34+,35+/m1/s1. The Kier molecular flexibility index (Phi) is 11.0. The molecule has 1 heterocycles. The minimum atomic E-state index is -0.501. The van der Waals surface area contributed by atoms with Crippen molar-refractivity contribution < 1.29 is 19.4 Å². The Balaban J connectivity index is 1.36. The number of hydrogen-bond acceptors (Lipinski definition) is 5. The summed E-state index contributed by atoms with van der Waals surface area (Å²) < 4.78 is 13.3. The molecule has 3 aromatic carbocycles. The summed E-state index contributed by atoms with van der Waals surface area (Å²) >= 11 is 0. The van der Waals surface area contributed by atoms with Gasteiger partial charge in [-0.15, -0.1) is 6.58 Å².